The molecule has 2 rings (SSSR count). The molecule has 4 nitrogen and oxygen atoms in total. The predicted octanol–water partition coefficient (Wildman–Crippen LogP) is 0.734. The molecule has 1 aliphatic rings. The maximum absolute atomic E-state index is 11.3. The maximum atomic E-state index is 11.3. The molecule has 0 saturated carbocycles. The molecule has 1 aromatic carbocycles. The van der Waals surface area contributed by atoms with Gasteiger partial charge in [-0.05, 0) is 12.1 Å². The summed E-state index contributed by atoms with van der Waals surface area (Å²) in [6.45, 7) is 1.01. The van der Waals surface area contributed by atoms with Crippen LogP contribution in [0.15, 0.2) is 24.3 Å². The largest absolute Gasteiger partial charge is 0.369 e. The first kappa shape index (κ1) is 11.1. The molecule has 1 aromatic rings. The van der Waals surface area contributed by atoms with Gasteiger partial charge in [0.15, 0.2) is 9.84 Å². The number of hydrogen-bond donors (Lipinski definition) is 0. The number of aldehydes is 1. The molecule has 0 radical (unpaired) electrons. The number of rotatable bonds is 2. The van der Waals surface area contributed by atoms with Gasteiger partial charge in [-0.15, -0.1) is 0 Å². The summed E-state index contributed by atoms with van der Waals surface area (Å²) in [5.41, 5.74) is 1.53. The number of hydrogen-bond acceptors (Lipinski definition) is 4. The number of carbonyl (C=O) groups excluding carboxylic acids is 1. The molecule has 1 fully saturated rings. The minimum absolute atomic E-state index is 0.193. The molecule has 0 aliphatic carbocycles. The molecular formula is C11H13NO3S. The quantitative estimate of drug-likeness (QED) is 0.714. The Kier molecular flexibility index (Phi) is 2.96. The Labute approximate surface area is 94.8 Å². The minimum atomic E-state index is -2.85. The highest BCUT2D eigenvalue weighted by molar-refractivity contribution is 7.91. The summed E-state index contributed by atoms with van der Waals surface area (Å²) in [6.07, 6.45) is 0.796. The zero-order valence-corrected chi connectivity index (χ0v) is 9.61. The van der Waals surface area contributed by atoms with E-state index in [9.17, 15) is 13.2 Å². The van der Waals surface area contributed by atoms with Crippen molar-refractivity contribution < 1.29 is 13.2 Å². The van der Waals surface area contributed by atoms with Crippen LogP contribution in [0.25, 0.3) is 0 Å². The van der Waals surface area contributed by atoms with Gasteiger partial charge in [-0.3, -0.25) is 4.79 Å². The molecule has 86 valence electrons. The Bertz CT molecular complexity index is 482. The van der Waals surface area contributed by atoms with Crippen molar-refractivity contribution >= 4 is 21.8 Å². The van der Waals surface area contributed by atoms with E-state index in [1.165, 1.54) is 0 Å². The van der Waals surface area contributed by atoms with Crippen molar-refractivity contribution in [3.63, 3.8) is 0 Å². The second-order valence-corrected chi connectivity index (χ2v) is 6.16. The Balaban J connectivity index is 2.16. The minimum Gasteiger partial charge on any atom is -0.369 e. The van der Waals surface area contributed by atoms with E-state index in [4.69, 9.17) is 0 Å². The van der Waals surface area contributed by atoms with Crippen molar-refractivity contribution in [1.82, 2.24) is 0 Å². The molecule has 0 unspecified atom stereocenters. The highest BCUT2D eigenvalue weighted by Crippen LogP contribution is 2.18. The number of sulfone groups is 1. The van der Waals surface area contributed by atoms with Crippen molar-refractivity contribution in [2.24, 2.45) is 0 Å². The van der Waals surface area contributed by atoms with Gasteiger partial charge in [0, 0.05) is 24.3 Å². The van der Waals surface area contributed by atoms with E-state index >= 15 is 0 Å². The average Bonchev–Trinajstić information content (AvgIpc) is 2.29. The van der Waals surface area contributed by atoms with Crippen LogP contribution in [0.4, 0.5) is 5.69 Å². The summed E-state index contributed by atoms with van der Waals surface area (Å²) in [5.74, 6) is 0.386. The highest BCUT2D eigenvalue weighted by atomic mass is 32.2. The van der Waals surface area contributed by atoms with Crippen LogP contribution in [0.2, 0.25) is 0 Å². The van der Waals surface area contributed by atoms with Crippen LogP contribution >= 0.6 is 0 Å². The molecular weight excluding hydrogens is 226 g/mol. The summed E-state index contributed by atoms with van der Waals surface area (Å²) in [6, 6.07) is 7.22. The van der Waals surface area contributed by atoms with Crippen LogP contribution in [0, 0.1) is 0 Å². The van der Waals surface area contributed by atoms with Gasteiger partial charge in [0.2, 0.25) is 0 Å². The van der Waals surface area contributed by atoms with Crippen LogP contribution in [0.5, 0.6) is 0 Å². The molecule has 0 bridgehead atoms. The summed E-state index contributed by atoms with van der Waals surface area (Å²) < 4.78 is 22.5. The second-order valence-electron chi connectivity index (χ2n) is 3.85. The third kappa shape index (κ3) is 2.41. The van der Waals surface area contributed by atoms with Gasteiger partial charge in [0.05, 0.1) is 11.5 Å². The van der Waals surface area contributed by atoms with Crippen molar-refractivity contribution in [2.45, 2.75) is 0 Å². The molecule has 1 aliphatic heterocycles. The first-order valence-corrected chi connectivity index (χ1v) is 6.93. The fourth-order valence-electron chi connectivity index (χ4n) is 1.77. The van der Waals surface area contributed by atoms with Gasteiger partial charge in [-0.1, -0.05) is 12.1 Å². The zero-order valence-electron chi connectivity index (χ0n) is 8.80. The standard InChI is InChI=1S/C11H13NO3S/c13-9-10-2-1-3-11(8-10)12-4-6-16(14,15)7-5-12/h1-3,8-9H,4-7H2. The maximum Gasteiger partial charge on any atom is 0.153 e. The van der Waals surface area contributed by atoms with Crippen LogP contribution in [0.1, 0.15) is 10.4 Å². The molecule has 1 heterocycles. The van der Waals surface area contributed by atoms with Crippen LogP contribution in [-0.2, 0) is 9.84 Å². The van der Waals surface area contributed by atoms with E-state index in [1.807, 2.05) is 17.0 Å². The SMILES string of the molecule is O=Cc1cccc(N2CCS(=O)(=O)CC2)c1. The van der Waals surface area contributed by atoms with Gasteiger partial charge < -0.3 is 4.90 Å². The molecule has 0 aromatic heterocycles. The lowest BCUT2D eigenvalue weighted by atomic mass is 10.2. The third-order valence-electron chi connectivity index (χ3n) is 2.72. The van der Waals surface area contributed by atoms with E-state index in [1.54, 1.807) is 12.1 Å². The Hall–Kier alpha value is -1.36. The topological polar surface area (TPSA) is 54.5 Å². The fourth-order valence-corrected chi connectivity index (χ4v) is 2.97. The normalized spacial score (nSPS) is 19.4. The lowest BCUT2D eigenvalue weighted by Crippen LogP contribution is -2.40. The van der Waals surface area contributed by atoms with Crippen molar-refractivity contribution in [2.75, 3.05) is 29.5 Å². The monoisotopic (exact) mass is 239 g/mol. The number of benzene rings is 1. The van der Waals surface area contributed by atoms with Gasteiger partial charge in [-0.2, -0.15) is 0 Å². The van der Waals surface area contributed by atoms with Crippen LogP contribution < -0.4 is 4.90 Å². The first-order chi connectivity index (χ1) is 7.61. The second kappa shape index (κ2) is 4.25. The Morgan fingerprint density at radius 1 is 1.19 bits per heavy atom. The summed E-state index contributed by atoms with van der Waals surface area (Å²) in [5, 5.41) is 0. The van der Waals surface area contributed by atoms with Gasteiger partial charge in [0.25, 0.3) is 0 Å². The predicted molar refractivity (Wildman–Crippen MR) is 62.7 cm³/mol. The number of anilines is 1. The van der Waals surface area contributed by atoms with E-state index in [-0.39, 0.29) is 11.5 Å². The average molecular weight is 239 g/mol. The van der Waals surface area contributed by atoms with Crippen molar-refractivity contribution in [3.05, 3.63) is 29.8 Å². The molecule has 0 N–H and O–H groups in total. The molecule has 0 spiro atoms. The summed E-state index contributed by atoms with van der Waals surface area (Å²) >= 11 is 0. The summed E-state index contributed by atoms with van der Waals surface area (Å²) in [7, 11) is -2.85. The van der Waals surface area contributed by atoms with Crippen molar-refractivity contribution in [1.29, 1.82) is 0 Å². The van der Waals surface area contributed by atoms with Crippen molar-refractivity contribution in [3.8, 4) is 0 Å². The van der Waals surface area contributed by atoms with E-state index in [0.717, 1.165) is 12.0 Å². The number of carbonyl (C=O) groups is 1. The molecule has 16 heavy (non-hydrogen) atoms. The Morgan fingerprint density at radius 2 is 1.88 bits per heavy atom. The molecule has 0 atom stereocenters. The first-order valence-electron chi connectivity index (χ1n) is 5.11. The van der Waals surface area contributed by atoms with Crippen LogP contribution in [0.3, 0.4) is 0 Å². The van der Waals surface area contributed by atoms with E-state index in [0.29, 0.717) is 18.7 Å². The zero-order chi connectivity index (χ0) is 11.6. The Morgan fingerprint density at radius 3 is 2.50 bits per heavy atom. The summed E-state index contributed by atoms with van der Waals surface area (Å²) in [4.78, 5) is 12.6. The molecule has 1 saturated heterocycles. The number of nitrogens with zero attached hydrogens (tertiary/aromatic N) is 1. The van der Waals surface area contributed by atoms with E-state index in [2.05, 4.69) is 0 Å². The fraction of sp³-hybridized carbons (Fsp3) is 0.364. The molecule has 5 heteroatoms. The highest BCUT2D eigenvalue weighted by Gasteiger charge is 2.21. The smallest absolute Gasteiger partial charge is 0.153 e. The van der Waals surface area contributed by atoms with Gasteiger partial charge >= 0.3 is 0 Å². The lowest BCUT2D eigenvalue weighted by molar-refractivity contribution is 0.112. The lowest BCUT2D eigenvalue weighted by Gasteiger charge is -2.28. The van der Waals surface area contributed by atoms with Gasteiger partial charge in [-0.25, -0.2) is 8.42 Å². The van der Waals surface area contributed by atoms with E-state index < -0.39 is 9.84 Å². The van der Waals surface area contributed by atoms with Gasteiger partial charge in [0.1, 0.15) is 6.29 Å². The van der Waals surface area contributed by atoms with Crippen LogP contribution in [-0.4, -0.2) is 39.3 Å². The molecule has 0 amide bonds. The third-order valence-corrected chi connectivity index (χ3v) is 4.33.